The number of thiophene rings is 1. The molecule has 0 radical (unpaired) electrons. The van der Waals surface area contributed by atoms with Crippen molar-refractivity contribution in [1.82, 2.24) is 0 Å². The van der Waals surface area contributed by atoms with Gasteiger partial charge in [0.25, 0.3) is 0 Å². The summed E-state index contributed by atoms with van der Waals surface area (Å²) in [4.78, 5) is 1.35. The van der Waals surface area contributed by atoms with Gasteiger partial charge in [-0.25, -0.2) is 0 Å². The van der Waals surface area contributed by atoms with E-state index in [0.29, 0.717) is 0 Å². The molecule has 0 amide bonds. The van der Waals surface area contributed by atoms with Crippen LogP contribution >= 0.6 is 11.3 Å². The molecule has 0 aliphatic heterocycles. The first kappa shape index (κ1) is 7.61. The molecule has 0 aliphatic rings. The molecule has 2 N–H and O–H groups in total. The van der Waals surface area contributed by atoms with Gasteiger partial charge in [-0.15, -0.1) is 11.3 Å². The second-order valence-electron chi connectivity index (χ2n) is 3.49. The zero-order valence-electron chi connectivity index (χ0n) is 6.64. The van der Waals surface area contributed by atoms with Crippen LogP contribution in [0.25, 0.3) is 0 Å². The number of anilines is 1. The zero-order chi connectivity index (χ0) is 7.78. The first-order valence-electron chi connectivity index (χ1n) is 3.34. The van der Waals surface area contributed by atoms with Crippen molar-refractivity contribution in [2.75, 3.05) is 5.73 Å². The van der Waals surface area contributed by atoms with Crippen molar-refractivity contribution in [2.45, 2.75) is 26.2 Å². The van der Waals surface area contributed by atoms with E-state index in [4.69, 9.17) is 5.73 Å². The van der Waals surface area contributed by atoms with Crippen LogP contribution in [0.3, 0.4) is 0 Å². The smallest absolute Gasteiger partial charge is 0.0425 e. The SMILES string of the molecule is CC(C)(C)c1cc(N)cs1. The fourth-order valence-electron chi connectivity index (χ4n) is 0.744. The van der Waals surface area contributed by atoms with E-state index >= 15 is 0 Å². The van der Waals surface area contributed by atoms with Crippen LogP contribution in [0.2, 0.25) is 0 Å². The van der Waals surface area contributed by atoms with Gasteiger partial charge in [0.2, 0.25) is 0 Å². The Balaban J connectivity index is 2.96. The molecule has 56 valence electrons. The largest absolute Gasteiger partial charge is 0.398 e. The van der Waals surface area contributed by atoms with E-state index in [0.717, 1.165) is 5.69 Å². The van der Waals surface area contributed by atoms with Gasteiger partial charge in [-0.3, -0.25) is 0 Å². The van der Waals surface area contributed by atoms with Gasteiger partial charge >= 0.3 is 0 Å². The van der Waals surface area contributed by atoms with E-state index < -0.39 is 0 Å². The summed E-state index contributed by atoms with van der Waals surface area (Å²) in [5.74, 6) is 0. The molecule has 1 nitrogen and oxygen atoms in total. The van der Waals surface area contributed by atoms with E-state index in [1.807, 2.05) is 11.4 Å². The average Bonchev–Trinajstić information content (AvgIpc) is 2.11. The molecular formula is C8H13NS. The molecule has 1 aromatic rings. The molecule has 0 atom stereocenters. The van der Waals surface area contributed by atoms with Crippen molar-refractivity contribution in [3.8, 4) is 0 Å². The Morgan fingerprint density at radius 2 is 2.00 bits per heavy atom. The summed E-state index contributed by atoms with van der Waals surface area (Å²) in [6, 6.07) is 2.05. The molecule has 0 fully saturated rings. The standard InChI is InChI=1S/C8H13NS/c1-8(2,3)7-4-6(9)5-10-7/h4-5H,9H2,1-3H3. The third-order valence-electron chi connectivity index (χ3n) is 1.36. The monoisotopic (exact) mass is 155 g/mol. The Labute approximate surface area is 65.9 Å². The number of nitrogen functional groups attached to an aromatic ring is 1. The molecule has 0 aromatic carbocycles. The van der Waals surface area contributed by atoms with Crippen LogP contribution < -0.4 is 5.73 Å². The molecule has 1 heterocycles. The van der Waals surface area contributed by atoms with Gasteiger partial charge in [0.15, 0.2) is 0 Å². The Morgan fingerprint density at radius 1 is 1.40 bits per heavy atom. The Bertz CT molecular complexity index is 219. The van der Waals surface area contributed by atoms with Crippen LogP contribution in [0.5, 0.6) is 0 Å². The normalized spacial score (nSPS) is 11.9. The minimum absolute atomic E-state index is 0.252. The summed E-state index contributed by atoms with van der Waals surface area (Å²) in [5.41, 5.74) is 6.72. The minimum Gasteiger partial charge on any atom is -0.398 e. The highest BCUT2D eigenvalue weighted by atomic mass is 32.1. The molecular weight excluding hydrogens is 142 g/mol. The summed E-state index contributed by atoms with van der Waals surface area (Å²) in [6.45, 7) is 6.58. The van der Waals surface area contributed by atoms with E-state index in [1.54, 1.807) is 11.3 Å². The van der Waals surface area contributed by atoms with Crippen molar-refractivity contribution >= 4 is 17.0 Å². The van der Waals surface area contributed by atoms with Crippen molar-refractivity contribution in [3.05, 3.63) is 16.3 Å². The van der Waals surface area contributed by atoms with Crippen molar-refractivity contribution in [1.29, 1.82) is 0 Å². The molecule has 0 bridgehead atoms. The Kier molecular flexibility index (Phi) is 1.73. The van der Waals surface area contributed by atoms with Crippen LogP contribution in [0, 0.1) is 0 Å². The quantitative estimate of drug-likeness (QED) is 0.612. The van der Waals surface area contributed by atoms with Gasteiger partial charge in [-0.1, -0.05) is 20.8 Å². The highest BCUT2D eigenvalue weighted by Gasteiger charge is 2.14. The van der Waals surface area contributed by atoms with Crippen molar-refractivity contribution < 1.29 is 0 Å². The predicted molar refractivity (Wildman–Crippen MR) is 47.4 cm³/mol. The molecule has 0 unspecified atom stereocenters. The lowest BCUT2D eigenvalue weighted by atomic mass is 9.95. The molecule has 0 spiro atoms. The summed E-state index contributed by atoms with van der Waals surface area (Å²) in [6.07, 6.45) is 0. The van der Waals surface area contributed by atoms with Gasteiger partial charge in [-0.05, 0) is 11.5 Å². The highest BCUT2D eigenvalue weighted by Crippen LogP contribution is 2.29. The number of hydrogen-bond acceptors (Lipinski definition) is 2. The van der Waals surface area contributed by atoms with Crippen LogP contribution in [-0.2, 0) is 5.41 Å². The first-order chi connectivity index (χ1) is 4.50. The fourth-order valence-corrected chi connectivity index (χ4v) is 1.63. The lowest BCUT2D eigenvalue weighted by Gasteiger charge is -2.14. The van der Waals surface area contributed by atoms with Gasteiger partial charge in [0, 0.05) is 15.9 Å². The summed E-state index contributed by atoms with van der Waals surface area (Å²) >= 11 is 1.73. The fraction of sp³-hybridized carbons (Fsp3) is 0.500. The van der Waals surface area contributed by atoms with Crippen molar-refractivity contribution in [2.24, 2.45) is 0 Å². The lowest BCUT2D eigenvalue weighted by Crippen LogP contribution is -2.07. The molecule has 2 heteroatoms. The van der Waals surface area contributed by atoms with E-state index in [-0.39, 0.29) is 5.41 Å². The second-order valence-corrected chi connectivity index (χ2v) is 4.41. The summed E-state index contributed by atoms with van der Waals surface area (Å²) in [5, 5.41) is 1.99. The van der Waals surface area contributed by atoms with Gasteiger partial charge in [0.05, 0.1) is 0 Å². The van der Waals surface area contributed by atoms with Crippen LogP contribution in [0.1, 0.15) is 25.6 Å². The molecule has 1 rings (SSSR count). The topological polar surface area (TPSA) is 26.0 Å². The lowest BCUT2D eigenvalue weighted by molar-refractivity contribution is 0.604. The maximum Gasteiger partial charge on any atom is 0.0425 e. The molecule has 0 saturated carbocycles. The van der Waals surface area contributed by atoms with Gasteiger partial charge < -0.3 is 5.73 Å². The molecule has 0 aliphatic carbocycles. The summed E-state index contributed by atoms with van der Waals surface area (Å²) < 4.78 is 0. The summed E-state index contributed by atoms with van der Waals surface area (Å²) in [7, 11) is 0. The molecule has 1 aromatic heterocycles. The Morgan fingerprint density at radius 3 is 2.20 bits per heavy atom. The average molecular weight is 155 g/mol. The maximum absolute atomic E-state index is 5.59. The number of hydrogen-bond donors (Lipinski definition) is 1. The third kappa shape index (κ3) is 1.51. The second kappa shape index (κ2) is 2.27. The number of rotatable bonds is 0. The van der Waals surface area contributed by atoms with Crippen LogP contribution in [0.15, 0.2) is 11.4 Å². The van der Waals surface area contributed by atoms with E-state index in [2.05, 4.69) is 20.8 Å². The Hall–Kier alpha value is -0.500. The van der Waals surface area contributed by atoms with Crippen LogP contribution in [0.4, 0.5) is 5.69 Å². The highest BCUT2D eigenvalue weighted by molar-refractivity contribution is 7.10. The van der Waals surface area contributed by atoms with Gasteiger partial charge in [-0.2, -0.15) is 0 Å². The first-order valence-corrected chi connectivity index (χ1v) is 4.22. The minimum atomic E-state index is 0.252. The number of nitrogens with two attached hydrogens (primary N) is 1. The van der Waals surface area contributed by atoms with Gasteiger partial charge in [0.1, 0.15) is 0 Å². The third-order valence-corrected chi connectivity index (χ3v) is 2.73. The maximum atomic E-state index is 5.59. The van der Waals surface area contributed by atoms with E-state index in [9.17, 15) is 0 Å². The molecule has 0 saturated heterocycles. The molecule has 10 heavy (non-hydrogen) atoms. The van der Waals surface area contributed by atoms with Crippen LogP contribution in [-0.4, -0.2) is 0 Å². The van der Waals surface area contributed by atoms with Crippen molar-refractivity contribution in [3.63, 3.8) is 0 Å². The predicted octanol–water partition coefficient (Wildman–Crippen LogP) is 2.63. The van der Waals surface area contributed by atoms with E-state index in [1.165, 1.54) is 4.88 Å². The zero-order valence-corrected chi connectivity index (χ0v) is 7.46.